The minimum Gasteiger partial charge on any atom is -0.497 e. The molecular formula is C18H20N2O2. The number of hydrogen-bond acceptors (Lipinski definition) is 3. The zero-order valence-electron chi connectivity index (χ0n) is 12.8. The summed E-state index contributed by atoms with van der Waals surface area (Å²) in [6, 6.07) is 12.0. The number of aliphatic hydroxyl groups is 1. The molecule has 2 aromatic carbocycles. The van der Waals surface area contributed by atoms with Gasteiger partial charge >= 0.3 is 0 Å². The van der Waals surface area contributed by atoms with E-state index in [1.807, 2.05) is 49.5 Å². The molecule has 1 heterocycles. The Bertz CT molecular complexity index is 753. The lowest BCUT2D eigenvalue weighted by Crippen LogP contribution is -2.12. The van der Waals surface area contributed by atoms with Crippen molar-refractivity contribution in [3.8, 4) is 5.75 Å². The molecule has 4 heteroatoms. The molecule has 2 unspecified atom stereocenters. The number of rotatable bonds is 5. The highest BCUT2D eigenvalue weighted by atomic mass is 16.5. The number of benzene rings is 2. The highest BCUT2D eigenvalue weighted by Gasteiger charge is 2.18. The minimum atomic E-state index is -0.511. The molecule has 0 aliphatic heterocycles. The lowest BCUT2D eigenvalue weighted by molar-refractivity contribution is 0.117. The van der Waals surface area contributed by atoms with Crippen LogP contribution in [0.15, 0.2) is 48.9 Å². The van der Waals surface area contributed by atoms with E-state index in [2.05, 4.69) is 9.97 Å². The summed E-state index contributed by atoms with van der Waals surface area (Å²) in [6.45, 7) is 2.04. The van der Waals surface area contributed by atoms with Crippen molar-refractivity contribution >= 4 is 10.8 Å². The molecule has 0 radical (unpaired) electrons. The molecule has 0 aliphatic rings. The van der Waals surface area contributed by atoms with Gasteiger partial charge in [-0.1, -0.05) is 25.1 Å². The number of imidazole rings is 1. The molecule has 2 N–H and O–H groups in total. The smallest absolute Gasteiger partial charge is 0.119 e. The summed E-state index contributed by atoms with van der Waals surface area (Å²) >= 11 is 0. The van der Waals surface area contributed by atoms with Gasteiger partial charge in [0.25, 0.3) is 0 Å². The zero-order valence-corrected chi connectivity index (χ0v) is 12.8. The molecule has 3 rings (SSSR count). The van der Waals surface area contributed by atoms with Gasteiger partial charge in [0, 0.05) is 6.20 Å². The van der Waals surface area contributed by atoms with Crippen LogP contribution in [-0.2, 0) is 6.42 Å². The Kier molecular flexibility index (Phi) is 4.11. The highest BCUT2D eigenvalue weighted by Crippen LogP contribution is 2.28. The van der Waals surface area contributed by atoms with E-state index < -0.39 is 6.10 Å². The summed E-state index contributed by atoms with van der Waals surface area (Å²) < 4.78 is 5.24. The third kappa shape index (κ3) is 2.97. The summed E-state index contributed by atoms with van der Waals surface area (Å²) in [7, 11) is 1.66. The van der Waals surface area contributed by atoms with Crippen molar-refractivity contribution in [2.45, 2.75) is 19.4 Å². The van der Waals surface area contributed by atoms with E-state index in [0.29, 0.717) is 0 Å². The predicted octanol–water partition coefficient (Wildman–Crippen LogP) is 3.48. The first-order valence-corrected chi connectivity index (χ1v) is 7.41. The number of ether oxygens (including phenoxy) is 1. The first-order valence-electron chi connectivity index (χ1n) is 7.41. The van der Waals surface area contributed by atoms with Gasteiger partial charge in [-0.25, -0.2) is 4.98 Å². The number of fused-ring (bicyclic) bond motifs is 1. The lowest BCUT2D eigenvalue weighted by Gasteiger charge is -2.19. The van der Waals surface area contributed by atoms with Crippen LogP contribution in [0.2, 0.25) is 0 Å². The Hall–Kier alpha value is -2.33. The van der Waals surface area contributed by atoms with Crippen LogP contribution in [0.3, 0.4) is 0 Å². The van der Waals surface area contributed by atoms with Gasteiger partial charge in [-0.3, -0.25) is 0 Å². The van der Waals surface area contributed by atoms with Crippen molar-refractivity contribution in [3.63, 3.8) is 0 Å². The monoisotopic (exact) mass is 296 g/mol. The highest BCUT2D eigenvalue weighted by molar-refractivity contribution is 5.84. The Balaban J connectivity index is 1.82. The first kappa shape index (κ1) is 14.6. The standard InChI is InChI=1S/C18H20N2O2/c1-12(7-16-10-19-11-20-16)18(21)15-4-3-14-9-17(22-2)6-5-13(14)8-15/h3-6,8-12,18,21H,7H2,1-2H3,(H,19,20). The van der Waals surface area contributed by atoms with E-state index in [4.69, 9.17) is 4.74 Å². The Morgan fingerprint density at radius 2 is 1.95 bits per heavy atom. The van der Waals surface area contributed by atoms with Crippen molar-refractivity contribution in [1.29, 1.82) is 0 Å². The number of hydrogen-bond donors (Lipinski definition) is 2. The Morgan fingerprint density at radius 3 is 2.68 bits per heavy atom. The van der Waals surface area contributed by atoms with Gasteiger partial charge in [0.05, 0.1) is 25.2 Å². The summed E-state index contributed by atoms with van der Waals surface area (Å²) in [4.78, 5) is 7.16. The van der Waals surface area contributed by atoms with Crippen LogP contribution >= 0.6 is 0 Å². The number of methoxy groups -OCH3 is 1. The van der Waals surface area contributed by atoms with E-state index in [9.17, 15) is 5.11 Å². The number of aromatic nitrogens is 2. The van der Waals surface area contributed by atoms with Gasteiger partial charge in [0.2, 0.25) is 0 Å². The average molecular weight is 296 g/mol. The van der Waals surface area contributed by atoms with Crippen molar-refractivity contribution < 1.29 is 9.84 Å². The van der Waals surface area contributed by atoms with Gasteiger partial charge in [-0.2, -0.15) is 0 Å². The van der Waals surface area contributed by atoms with Crippen molar-refractivity contribution in [2.75, 3.05) is 7.11 Å². The fourth-order valence-corrected chi connectivity index (χ4v) is 2.73. The summed E-state index contributed by atoms with van der Waals surface area (Å²) in [5.41, 5.74) is 1.90. The SMILES string of the molecule is COc1ccc2cc(C(O)C(C)Cc3c[nH]cn3)ccc2c1. The van der Waals surface area contributed by atoms with Gasteiger partial charge < -0.3 is 14.8 Å². The molecule has 1 aromatic heterocycles. The largest absolute Gasteiger partial charge is 0.497 e. The van der Waals surface area contributed by atoms with Gasteiger partial charge in [-0.15, -0.1) is 0 Å². The first-order chi connectivity index (χ1) is 10.7. The molecule has 0 fully saturated rings. The van der Waals surface area contributed by atoms with Crippen LogP contribution in [0, 0.1) is 5.92 Å². The number of H-pyrrole nitrogens is 1. The topological polar surface area (TPSA) is 58.1 Å². The fourth-order valence-electron chi connectivity index (χ4n) is 2.73. The van der Waals surface area contributed by atoms with E-state index in [-0.39, 0.29) is 5.92 Å². The van der Waals surface area contributed by atoms with E-state index in [1.165, 1.54) is 0 Å². The number of nitrogens with zero attached hydrogens (tertiary/aromatic N) is 1. The molecule has 0 bridgehead atoms. The third-order valence-corrected chi connectivity index (χ3v) is 4.04. The van der Waals surface area contributed by atoms with Crippen molar-refractivity contribution in [2.24, 2.45) is 5.92 Å². The van der Waals surface area contributed by atoms with Crippen LogP contribution in [0.5, 0.6) is 5.75 Å². The maximum atomic E-state index is 10.6. The molecule has 0 aliphatic carbocycles. The molecule has 0 spiro atoms. The maximum Gasteiger partial charge on any atom is 0.119 e. The normalized spacial score (nSPS) is 14.0. The summed E-state index contributed by atoms with van der Waals surface area (Å²) in [5, 5.41) is 12.8. The number of aliphatic hydroxyl groups excluding tert-OH is 1. The van der Waals surface area contributed by atoms with E-state index in [1.54, 1.807) is 13.4 Å². The van der Waals surface area contributed by atoms with E-state index in [0.717, 1.165) is 34.2 Å². The van der Waals surface area contributed by atoms with Crippen molar-refractivity contribution in [1.82, 2.24) is 9.97 Å². The number of aromatic amines is 1. The molecule has 22 heavy (non-hydrogen) atoms. The van der Waals surface area contributed by atoms with Crippen LogP contribution in [0.4, 0.5) is 0 Å². The Morgan fingerprint density at radius 1 is 1.18 bits per heavy atom. The summed E-state index contributed by atoms with van der Waals surface area (Å²) in [6.07, 6.45) is 3.77. The van der Waals surface area contributed by atoms with Crippen LogP contribution in [-0.4, -0.2) is 22.2 Å². The average Bonchev–Trinajstić information content (AvgIpc) is 3.06. The molecule has 0 saturated heterocycles. The molecule has 0 amide bonds. The second kappa shape index (κ2) is 6.20. The molecule has 4 nitrogen and oxygen atoms in total. The molecule has 0 saturated carbocycles. The number of nitrogens with one attached hydrogen (secondary N) is 1. The quantitative estimate of drug-likeness (QED) is 0.758. The van der Waals surface area contributed by atoms with Gasteiger partial charge in [0.15, 0.2) is 0 Å². The van der Waals surface area contributed by atoms with Gasteiger partial charge in [-0.05, 0) is 46.9 Å². The Labute approximate surface area is 129 Å². The fraction of sp³-hybridized carbons (Fsp3) is 0.278. The third-order valence-electron chi connectivity index (χ3n) is 4.04. The van der Waals surface area contributed by atoms with Crippen LogP contribution in [0.25, 0.3) is 10.8 Å². The van der Waals surface area contributed by atoms with Crippen molar-refractivity contribution in [3.05, 3.63) is 60.2 Å². The minimum absolute atomic E-state index is 0.0963. The molecule has 114 valence electrons. The molecular weight excluding hydrogens is 276 g/mol. The second-order valence-electron chi connectivity index (χ2n) is 5.66. The summed E-state index contributed by atoms with van der Waals surface area (Å²) in [5.74, 6) is 0.937. The molecule has 2 atom stereocenters. The van der Waals surface area contributed by atoms with Gasteiger partial charge in [0.1, 0.15) is 5.75 Å². The van der Waals surface area contributed by atoms with Crippen LogP contribution < -0.4 is 4.74 Å². The molecule has 3 aromatic rings. The second-order valence-corrected chi connectivity index (χ2v) is 5.66. The zero-order chi connectivity index (χ0) is 15.5. The predicted molar refractivity (Wildman–Crippen MR) is 86.9 cm³/mol. The maximum absolute atomic E-state index is 10.6. The van der Waals surface area contributed by atoms with Crippen LogP contribution in [0.1, 0.15) is 24.3 Å². The van der Waals surface area contributed by atoms with E-state index >= 15 is 0 Å². The lowest BCUT2D eigenvalue weighted by atomic mass is 9.92.